The van der Waals surface area contributed by atoms with Crippen molar-refractivity contribution < 1.29 is 14.3 Å². The lowest BCUT2D eigenvalue weighted by Crippen LogP contribution is -2.49. The quantitative estimate of drug-likeness (QED) is 0.834. The lowest BCUT2D eigenvalue weighted by molar-refractivity contribution is -0.128. The molecule has 17 heavy (non-hydrogen) atoms. The lowest BCUT2D eigenvalue weighted by Gasteiger charge is -2.37. The molecule has 0 radical (unpaired) electrons. The Hall–Kier alpha value is -1.55. The molecule has 1 N–H and O–H groups in total. The van der Waals surface area contributed by atoms with Gasteiger partial charge in [0, 0.05) is 12.0 Å². The molecule has 0 aromatic heterocycles. The Morgan fingerprint density at radius 1 is 1.41 bits per heavy atom. The van der Waals surface area contributed by atoms with Crippen molar-refractivity contribution in [2.75, 3.05) is 26.4 Å². The van der Waals surface area contributed by atoms with Crippen molar-refractivity contribution >= 4 is 5.91 Å². The molecule has 1 aliphatic heterocycles. The average Bonchev–Trinajstić information content (AvgIpc) is 2.33. The van der Waals surface area contributed by atoms with E-state index >= 15 is 0 Å². The first-order valence-electron chi connectivity index (χ1n) is 5.70. The van der Waals surface area contributed by atoms with Crippen molar-refractivity contribution in [1.82, 2.24) is 5.32 Å². The van der Waals surface area contributed by atoms with E-state index in [-0.39, 0.29) is 17.9 Å². The first-order chi connectivity index (χ1) is 8.18. The molecule has 1 saturated heterocycles. The van der Waals surface area contributed by atoms with Gasteiger partial charge in [-0.1, -0.05) is 25.1 Å². The summed E-state index contributed by atoms with van der Waals surface area (Å²) in [6.07, 6.45) is 0. The zero-order valence-electron chi connectivity index (χ0n) is 9.94. The third-order valence-corrected chi connectivity index (χ3v) is 2.73. The van der Waals surface area contributed by atoms with Crippen LogP contribution >= 0.6 is 0 Å². The normalized spacial score (nSPS) is 17.0. The predicted octanol–water partition coefficient (Wildman–Crippen LogP) is 1.22. The predicted molar refractivity (Wildman–Crippen MR) is 63.9 cm³/mol. The summed E-state index contributed by atoms with van der Waals surface area (Å²) >= 11 is 0. The first-order valence-corrected chi connectivity index (χ1v) is 5.70. The summed E-state index contributed by atoms with van der Waals surface area (Å²) in [5.74, 6) is 0.614. The molecule has 0 saturated carbocycles. The zero-order valence-corrected chi connectivity index (χ0v) is 9.94. The Morgan fingerprint density at radius 3 is 2.71 bits per heavy atom. The molecule has 4 heteroatoms. The monoisotopic (exact) mass is 235 g/mol. The third kappa shape index (κ3) is 3.46. The third-order valence-electron chi connectivity index (χ3n) is 2.73. The summed E-state index contributed by atoms with van der Waals surface area (Å²) in [6.45, 7) is 4.22. The van der Waals surface area contributed by atoms with Crippen LogP contribution in [-0.4, -0.2) is 32.3 Å². The molecule has 1 amide bonds. The van der Waals surface area contributed by atoms with Gasteiger partial charge in [0.25, 0.3) is 5.91 Å². The van der Waals surface area contributed by atoms with Gasteiger partial charge in [-0.15, -0.1) is 0 Å². The molecule has 1 fully saturated rings. The lowest BCUT2D eigenvalue weighted by atomic mass is 9.89. The highest BCUT2D eigenvalue weighted by Gasteiger charge is 2.33. The SMILES string of the molecule is CC1(CNC(=O)COc2ccccc2)COC1. The van der Waals surface area contributed by atoms with Crippen LogP contribution in [0, 0.1) is 5.41 Å². The molecule has 1 aromatic carbocycles. The van der Waals surface area contributed by atoms with E-state index in [9.17, 15) is 4.79 Å². The van der Waals surface area contributed by atoms with Crippen LogP contribution in [0.5, 0.6) is 5.75 Å². The standard InChI is InChI=1S/C13H17NO3/c1-13(9-16-10-13)8-14-12(15)7-17-11-5-3-2-4-6-11/h2-6H,7-10H2,1H3,(H,14,15). The minimum absolute atomic E-state index is 0.0565. The number of hydrogen-bond donors (Lipinski definition) is 1. The van der Waals surface area contributed by atoms with E-state index in [4.69, 9.17) is 9.47 Å². The van der Waals surface area contributed by atoms with E-state index in [0.717, 1.165) is 0 Å². The second-order valence-electron chi connectivity index (χ2n) is 4.68. The Labute approximate surface area is 101 Å². The van der Waals surface area contributed by atoms with Crippen molar-refractivity contribution in [3.63, 3.8) is 0 Å². The summed E-state index contributed by atoms with van der Waals surface area (Å²) in [5.41, 5.74) is 0.0996. The van der Waals surface area contributed by atoms with Crippen LogP contribution in [0.15, 0.2) is 30.3 Å². The zero-order chi connectivity index (χ0) is 12.1. The summed E-state index contributed by atoms with van der Waals surface area (Å²) in [6, 6.07) is 9.31. The Balaban J connectivity index is 1.67. The number of carbonyl (C=O) groups excluding carboxylic acids is 1. The maximum absolute atomic E-state index is 11.5. The average molecular weight is 235 g/mol. The molecule has 1 aliphatic rings. The Morgan fingerprint density at radius 2 is 2.12 bits per heavy atom. The molecule has 4 nitrogen and oxygen atoms in total. The molecule has 0 aliphatic carbocycles. The van der Waals surface area contributed by atoms with Crippen LogP contribution in [0.25, 0.3) is 0 Å². The second kappa shape index (κ2) is 5.19. The molecule has 0 atom stereocenters. The van der Waals surface area contributed by atoms with Crippen LogP contribution in [0.4, 0.5) is 0 Å². The number of rotatable bonds is 5. The van der Waals surface area contributed by atoms with Crippen molar-refractivity contribution in [1.29, 1.82) is 0 Å². The highest BCUT2D eigenvalue weighted by molar-refractivity contribution is 5.77. The van der Waals surface area contributed by atoms with Crippen molar-refractivity contribution in [3.8, 4) is 5.75 Å². The van der Waals surface area contributed by atoms with Gasteiger partial charge < -0.3 is 14.8 Å². The minimum Gasteiger partial charge on any atom is -0.484 e. The van der Waals surface area contributed by atoms with Crippen LogP contribution in [0.1, 0.15) is 6.92 Å². The fourth-order valence-corrected chi connectivity index (χ4v) is 1.58. The molecule has 2 rings (SSSR count). The number of ether oxygens (including phenoxy) is 2. The molecule has 1 heterocycles. The smallest absolute Gasteiger partial charge is 0.257 e. The van der Waals surface area contributed by atoms with Crippen molar-refractivity contribution in [3.05, 3.63) is 30.3 Å². The van der Waals surface area contributed by atoms with Crippen LogP contribution in [0.2, 0.25) is 0 Å². The van der Waals surface area contributed by atoms with Gasteiger partial charge in [0.15, 0.2) is 6.61 Å². The van der Waals surface area contributed by atoms with E-state index in [0.29, 0.717) is 25.5 Å². The fraction of sp³-hybridized carbons (Fsp3) is 0.462. The van der Waals surface area contributed by atoms with Crippen LogP contribution < -0.4 is 10.1 Å². The number of hydrogen-bond acceptors (Lipinski definition) is 3. The van der Waals surface area contributed by atoms with Gasteiger partial charge in [0.2, 0.25) is 0 Å². The van der Waals surface area contributed by atoms with Gasteiger partial charge in [-0.3, -0.25) is 4.79 Å². The van der Waals surface area contributed by atoms with E-state index in [1.807, 2.05) is 30.3 Å². The van der Waals surface area contributed by atoms with Gasteiger partial charge in [-0.2, -0.15) is 0 Å². The molecule has 0 unspecified atom stereocenters. The largest absolute Gasteiger partial charge is 0.484 e. The van der Waals surface area contributed by atoms with Crippen LogP contribution in [0.3, 0.4) is 0 Å². The van der Waals surface area contributed by atoms with Gasteiger partial charge in [0.1, 0.15) is 5.75 Å². The number of nitrogens with one attached hydrogen (secondary N) is 1. The number of amides is 1. The summed E-state index contributed by atoms with van der Waals surface area (Å²) in [7, 11) is 0. The van der Waals surface area contributed by atoms with Crippen LogP contribution in [-0.2, 0) is 9.53 Å². The summed E-state index contributed by atoms with van der Waals surface area (Å²) in [4.78, 5) is 11.5. The Bertz CT molecular complexity index is 374. The molecule has 1 aromatic rings. The maximum Gasteiger partial charge on any atom is 0.257 e. The van der Waals surface area contributed by atoms with E-state index in [1.54, 1.807) is 0 Å². The van der Waals surface area contributed by atoms with E-state index < -0.39 is 0 Å². The molecular weight excluding hydrogens is 218 g/mol. The first kappa shape index (κ1) is 11.9. The molecule has 92 valence electrons. The maximum atomic E-state index is 11.5. The Kier molecular flexibility index (Phi) is 3.64. The summed E-state index contributed by atoms with van der Waals surface area (Å²) < 4.78 is 10.5. The highest BCUT2D eigenvalue weighted by Crippen LogP contribution is 2.24. The minimum atomic E-state index is -0.0954. The molecule has 0 spiro atoms. The van der Waals surface area contributed by atoms with Gasteiger partial charge in [0.05, 0.1) is 13.2 Å². The van der Waals surface area contributed by atoms with Gasteiger partial charge in [-0.05, 0) is 12.1 Å². The fourth-order valence-electron chi connectivity index (χ4n) is 1.58. The van der Waals surface area contributed by atoms with Gasteiger partial charge in [-0.25, -0.2) is 0 Å². The molecular formula is C13H17NO3. The second-order valence-corrected chi connectivity index (χ2v) is 4.68. The highest BCUT2D eigenvalue weighted by atomic mass is 16.5. The van der Waals surface area contributed by atoms with Crippen molar-refractivity contribution in [2.45, 2.75) is 6.92 Å². The van der Waals surface area contributed by atoms with Gasteiger partial charge >= 0.3 is 0 Å². The topological polar surface area (TPSA) is 47.6 Å². The number of benzene rings is 1. The number of para-hydroxylation sites is 1. The number of carbonyl (C=O) groups is 1. The summed E-state index contributed by atoms with van der Waals surface area (Å²) in [5, 5.41) is 2.85. The van der Waals surface area contributed by atoms with Crippen molar-refractivity contribution in [2.24, 2.45) is 5.41 Å². The van der Waals surface area contributed by atoms with E-state index in [2.05, 4.69) is 12.2 Å². The van der Waals surface area contributed by atoms with E-state index in [1.165, 1.54) is 0 Å². The molecule has 0 bridgehead atoms.